The van der Waals surface area contributed by atoms with E-state index < -0.39 is 5.97 Å². The molecule has 0 aliphatic rings. The zero-order valence-electron chi connectivity index (χ0n) is 6.90. The normalized spacial score (nSPS) is 9.92. The Morgan fingerprint density at radius 2 is 2.08 bits per heavy atom. The van der Waals surface area contributed by atoms with Crippen molar-refractivity contribution in [3.05, 3.63) is 22.7 Å². The number of rotatable bonds is 4. The van der Waals surface area contributed by atoms with E-state index in [9.17, 15) is 4.79 Å². The Kier molecular flexibility index (Phi) is 3.82. The fourth-order valence-corrected chi connectivity index (χ4v) is 1.07. The van der Waals surface area contributed by atoms with Gasteiger partial charge in [-0.15, -0.1) is 0 Å². The summed E-state index contributed by atoms with van der Waals surface area (Å²) in [5, 5.41) is 8.39. The lowest BCUT2D eigenvalue weighted by atomic mass is 10.2. The van der Waals surface area contributed by atoms with Crippen molar-refractivity contribution in [3.8, 4) is 0 Å². The van der Waals surface area contributed by atoms with Gasteiger partial charge in [-0.2, -0.15) is 0 Å². The van der Waals surface area contributed by atoms with Crippen molar-refractivity contribution in [1.82, 2.24) is 9.97 Å². The van der Waals surface area contributed by atoms with Crippen LogP contribution in [-0.4, -0.2) is 21.0 Å². The van der Waals surface area contributed by atoms with Crippen molar-refractivity contribution in [2.45, 2.75) is 19.3 Å². The summed E-state index contributed by atoms with van der Waals surface area (Å²) in [6.07, 6.45) is 4.67. The maximum Gasteiger partial charge on any atom is 0.303 e. The Morgan fingerprint density at radius 3 is 2.62 bits per heavy atom. The number of hydrogen-bond acceptors (Lipinski definition) is 3. The Morgan fingerprint density at radius 1 is 1.46 bits per heavy atom. The first kappa shape index (κ1) is 10.1. The summed E-state index contributed by atoms with van der Waals surface area (Å²) in [4.78, 5) is 18.2. The van der Waals surface area contributed by atoms with Gasteiger partial charge in [0.1, 0.15) is 5.82 Å². The van der Waals surface area contributed by atoms with Crippen LogP contribution in [0.4, 0.5) is 0 Å². The van der Waals surface area contributed by atoms with E-state index in [0.717, 1.165) is 4.47 Å². The summed E-state index contributed by atoms with van der Waals surface area (Å²) in [5.41, 5.74) is 0. The van der Waals surface area contributed by atoms with Crippen LogP contribution < -0.4 is 0 Å². The molecule has 0 saturated carbocycles. The number of carboxylic acids is 1. The number of aryl methyl sites for hydroxylation is 1. The molecule has 0 atom stereocenters. The minimum atomic E-state index is -0.780. The molecule has 0 fully saturated rings. The lowest BCUT2D eigenvalue weighted by Gasteiger charge is -1.97. The smallest absolute Gasteiger partial charge is 0.303 e. The van der Waals surface area contributed by atoms with Crippen molar-refractivity contribution >= 4 is 21.9 Å². The molecule has 13 heavy (non-hydrogen) atoms. The molecular formula is C8H9BrN2O2. The first-order chi connectivity index (χ1) is 6.18. The van der Waals surface area contributed by atoms with Crippen LogP contribution >= 0.6 is 15.9 Å². The van der Waals surface area contributed by atoms with E-state index in [4.69, 9.17) is 5.11 Å². The van der Waals surface area contributed by atoms with Crippen LogP contribution in [0, 0.1) is 0 Å². The van der Waals surface area contributed by atoms with Gasteiger partial charge in [0.15, 0.2) is 0 Å². The molecule has 0 bridgehead atoms. The van der Waals surface area contributed by atoms with Crippen LogP contribution in [0.15, 0.2) is 16.9 Å². The lowest BCUT2D eigenvalue weighted by Crippen LogP contribution is -1.98. The van der Waals surface area contributed by atoms with Gasteiger partial charge in [-0.1, -0.05) is 0 Å². The largest absolute Gasteiger partial charge is 0.481 e. The molecule has 0 aliphatic carbocycles. The molecule has 5 heteroatoms. The molecule has 0 aromatic carbocycles. The van der Waals surface area contributed by atoms with Gasteiger partial charge >= 0.3 is 5.97 Å². The van der Waals surface area contributed by atoms with Gasteiger partial charge in [0.05, 0.1) is 4.47 Å². The van der Waals surface area contributed by atoms with Crippen LogP contribution in [-0.2, 0) is 11.2 Å². The second-order valence-corrected chi connectivity index (χ2v) is 3.48. The van der Waals surface area contributed by atoms with Crippen LogP contribution in [0.3, 0.4) is 0 Å². The van der Waals surface area contributed by atoms with Crippen LogP contribution in [0.2, 0.25) is 0 Å². The predicted octanol–water partition coefficient (Wildman–Crippen LogP) is 1.65. The van der Waals surface area contributed by atoms with E-state index in [2.05, 4.69) is 25.9 Å². The molecule has 4 nitrogen and oxygen atoms in total. The van der Waals surface area contributed by atoms with Crippen molar-refractivity contribution < 1.29 is 9.90 Å². The van der Waals surface area contributed by atoms with Gasteiger partial charge in [0.2, 0.25) is 0 Å². The van der Waals surface area contributed by atoms with Gasteiger partial charge in [-0.25, -0.2) is 9.97 Å². The second-order valence-electron chi connectivity index (χ2n) is 2.56. The third-order valence-electron chi connectivity index (χ3n) is 1.46. The van der Waals surface area contributed by atoms with Gasteiger partial charge in [0.25, 0.3) is 0 Å². The van der Waals surface area contributed by atoms with E-state index in [0.29, 0.717) is 18.7 Å². The number of aliphatic carboxylic acids is 1. The summed E-state index contributed by atoms with van der Waals surface area (Å²) in [6.45, 7) is 0. The summed E-state index contributed by atoms with van der Waals surface area (Å²) in [7, 11) is 0. The molecule has 1 aromatic heterocycles. The maximum atomic E-state index is 10.2. The van der Waals surface area contributed by atoms with Crippen molar-refractivity contribution in [3.63, 3.8) is 0 Å². The average Bonchev–Trinajstić information content (AvgIpc) is 2.08. The highest BCUT2D eigenvalue weighted by Gasteiger charge is 1.99. The SMILES string of the molecule is O=C(O)CCCc1ncc(Br)cn1. The van der Waals surface area contributed by atoms with Gasteiger partial charge in [0, 0.05) is 25.2 Å². The third kappa shape index (κ3) is 3.98. The monoisotopic (exact) mass is 244 g/mol. The first-order valence-electron chi connectivity index (χ1n) is 3.86. The zero-order chi connectivity index (χ0) is 9.68. The Balaban J connectivity index is 2.37. The molecular weight excluding hydrogens is 236 g/mol. The maximum absolute atomic E-state index is 10.2. The third-order valence-corrected chi connectivity index (χ3v) is 1.87. The minimum Gasteiger partial charge on any atom is -0.481 e. The summed E-state index contributed by atoms with van der Waals surface area (Å²) in [6, 6.07) is 0. The first-order valence-corrected chi connectivity index (χ1v) is 4.66. The van der Waals surface area contributed by atoms with Gasteiger partial charge in [-0.05, 0) is 22.4 Å². The standard InChI is InChI=1S/C8H9BrN2O2/c9-6-4-10-7(11-5-6)2-1-3-8(12)13/h4-5H,1-3H2,(H,12,13). The van der Waals surface area contributed by atoms with Crippen LogP contribution in [0.25, 0.3) is 0 Å². The molecule has 1 rings (SSSR count). The minimum absolute atomic E-state index is 0.166. The molecule has 1 aromatic rings. The van der Waals surface area contributed by atoms with E-state index in [1.807, 2.05) is 0 Å². The molecule has 70 valence electrons. The number of nitrogens with zero attached hydrogens (tertiary/aromatic N) is 2. The van der Waals surface area contributed by atoms with Crippen molar-refractivity contribution in [2.75, 3.05) is 0 Å². The predicted molar refractivity (Wildman–Crippen MR) is 50.3 cm³/mol. The molecule has 1 heterocycles. The van der Waals surface area contributed by atoms with Crippen LogP contribution in [0.5, 0.6) is 0 Å². The van der Waals surface area contributed by atoms with Gasteiger partial charge < -0.3 is 5.11 Å². The topological polar surface area (TPSA) is 63.1 Å². The lowest BCUT2D eigenvalue weighted by molar-refractivity contribution is -0.137. The molecule has 0 unspecified atom stereocenters. The fraction of sp³-hybridized carbons (Fsp3) is 0.375. The number of aromatic nitrogens is 2. The van der Waals surface area contributed by atoms with Crippen molar-refractivity contribution in [2.24, 2.45) is 0 Å². The van der Waals surface area contributed by atoms with Crippen molar-refractivity contribution in [1.29, 1.82) is 0 Å². The number of hydrogen-bond donors (Lipinski definition) is 1. The zero-order valence-corrected chi connectivity index (χ0v) is 8.49. The van der Waals surface area contributed by atoms with E-state index in [1.54, 1.807) is 12.4 Å². The molecule has 0 aliphatic heterocycles. The fourth-order valence-electron chi connectivity index (χ4n) is 0.866. The Hall–Kier alpha value is -0.970. The van der Waals surface area contributed by atoms with Gasteiger partial charge in [-0.3, -0.25) is 4.79 Å². The van der Waals surface area contributed by atoms with Crippen LogP contribution in [0.1, 0.15) is 18.7 Å². The summed E-state index contributed by atoms with van der Waals surface area (Å²) in [5.74, 6) is -0.0958. The Bertz CT molecular complexity index is 287. The number of carboxylic acid groups (broad SMARTS) is 1. The quantitative estimate of drug-likeness (QED) is 0.875. The molecule has 0 radical (unpaired) electrons. The molecule has 0 spiro atoms. The number of halogens is 1. The highest BCUT2D eigenvalue weighted by Crippen LogP contribution is 2.05. The summed E-state index contributed by atoms with van der Waals surface area (Å²) < 4.78 is 0.828. The second kappa shape index (κ2) is 4.91. The average molecular weight is 245 g/mol. The number of carbonyl (C=O) groups is 1. The molecule has 1 N–H and O–H groups in total. The highest BCUT2D eigenvalue weighted by atomic mass is 79.9. The van der Waals surface area contributed by atoms with E-state index in [-0.39, 0.29) is 6.42 Å². The summed E-state index contributed by atoms with van der Waals surface area (Å²) >= 11 is 3.22. The van der Waals surface area contributed by atoms with E-state index >= 15 is 0 Å². The molecule has 0 saturated heterocycles. The molecule has 0 amide bonds. The highest BCUT2D eigenvalue weighted by molar-refractivity contribution is 9.10. The Labute approximate surface area is 84.2 Å². The van der Waals surface area contributed by atoms with E-state index in [1.165, 1.54) is 0 Å².